The Labute approximate surface area is 163 Å². The van der Waals surface area contributed by atoms with Crippen molar-refractivity contribution in [2.24, 2.45) is 5.41 Å². The Morgan fingerprint density at radius 2 is 1.31 bits per heavy atom. The summed E-state index contributed by atoms with van der Waals surface area (Å²) in [5, 5.41) is 20.1. The number of rotatable bonds is 14. The summed E-state index contributed by atoms with van der Waals surface area (Å²) >= 11 is 0. The first-order valence-electron chi connectivity index (χ1n) is 10.8. The Bertz CT molecular complexity index is 319. The number of carbonyl (C=O) groups is 1. The zero-order valence-electron chi connectivity index (χ0n) is 18.8. The van der Waals surface area contributed by atoms with Crippen LogP contribution in [0.15, 0.2) is 0 Å². The van der Waals surface area contributed by atoms with Gasteiger partial charge in [0.15, 0.2) is 0 Å². The predicted molar refractivity (Wildman–Crippen MR) is 110 cm³/mol. The van der Waals surface area contributed by atoms with Crippen molar-refractivity contribution in [2.75, 3.05) is 26.2 Å². The van der Waals surface area contributed by atoms with E-state index in [0.29, 0.717) is 6.42 Å². The Hall–Kier alpha value is -0.610. The average molecular weight is 374 g/mol. The first-order valence-corrected chi connectivity index (χ1v) is 10.8. The van der Waals surface area contributed by atoms with Crippen molar-refractivity contribution in [1.82, 2.24) is 0 Å². The van der Waals surface area contributed by atoms with Gasteiger partial charge in [0.05, 0.1) is 19.6 Å². The second-order valence-corrected chi connectivity index (χ2v) is 8.53. The fraction of sp³-hybridized carbons (Fsp3) is 0.955. The highest BCUT2D eigenvalue weighted by molar-refractivity contribution is 5.71. The van der Waals surface area contributed by atoms with Crippen LogP contribution in [0.1, 0.15) is 99.8 Å². The van der Waals surface area contributed by atoms with Crippen LogP contribution < -0.4 is 5.11 Å². The second kappa shape index (κ2) is 15.4. The van der Waals surface area contributed by atoms with Crippen LogP contribution in [-0.4, -0.2) is 47.8 Å². The van der Waals surface area contributed by atoms with Crippen molar-refractivity contribution >= 4 is 5.97 Å². The number of hydrogen-bond acceptors (Lipinski definition) is 3. The SMILES string of the molecule is CCCC(C)(C)C(=O)[O-].CCCC[N+](CCCC)(CCCC)CC(C)O. The van der Waals surface area contributed by atoms with Gasteiger partial charge in [0.25, 0.3) is 0 Å². The maximum absolute atomic E-state index is 10.3. The highest BCUT2D eigenvalue weighted by Gasteiger charge is 2.27. The monoisotopic (exact) mass is 373 g/mol. The van der Waals surface area contributed by atoms with Crippen LogP contribution in [-0.2, 0) is 4.79 Å². The first-order chi connectivity index (χ1) is 12.1. The van der Waals surface area contributed by atoms with E-state index >= 15 is 0 Å². The van der Waals surface area contributed by atoms with Crippen molar-refractivity contribution in [1.29, 1.82) is 0 Å². The maximum Gasteiger partial charge on any atom is 0.105 e. The van der Waals surface area contributed by atoms with Crippen molar-refractivity contribution in [3.8, 4) is 0 Å². The van der Waals surface area contributed by atoms with Gasteiger partial charge in [-0.1, -0.05) is 67.2 Å². The van der Waals surface area contributed by atoms with Crippen LogP contribution in [0.3, 0.4) is 0 Å². The fourth-order valence-corrected chi connectivity index (χ4v) is 3.38. The summed E-state index contributed by atoms with van der Waals surface area (Å²) in [5.74, 6) is -0.954. The Kier molecular flexibility index (Phi) is 16.4. The number of aliphatic carboxylic acids is 1. The fourth-order valence-electron chi connectivity index (χ4n) is 3.38. The Balaban J connectivity index is 0. The van der Waals surface area contributed by atoms with Gasteiger partial charge in [-0.25, -0.2) is 0 Å². The highest BCUT2D eigenvalue weighted by Crippen LogP contribution is 2.20. The molecule has 4 heteroatoms. The average Bonchev–Trinajstić information content (AvgIpc) is 2.56. The van der Waals surface area contributed by atoms with E-state index in [1.807, 2.05) is 13.8 Å². The van der Waals surface area contributed by atoms with Crippen LogP contribution in [0.5, 0.6) is 0 Å². The minimum absolute atomic E-state index is 0.166. The van der Waals surface area contributed by atoms with Crippen LogP contribution in [0.4, 0.5) is 0 Å². The molecule has 0 fully saturated rings. The lowest BCUT2D eigenvalue weighted by Crippen LogP contribution is -2.53. The van der Waals surface area contributed by atoms with E-state index in [0.717, 1.165) is 17.4 Å². The molecule has 26 heavy (non-hydrogen) atoms. The summed E-state index contributed by atoms with van der Waals surface area (Å²) in [7, 11) is 0. The van der Waals surface area contributed by atoms with Gasteiger partial charge in [0.2, 0.25) is 0 Å². The molecule has 1 N–H and O–H groups in total. The molecule has 0 spiro atoms. The quantitative estimate of drug-likeness (QED) is 0.465. The van der Waals surface area contributed by atoms with Crippen LogP contribution >= 0.6 is 0 Å². The number of carboxylic acid groups (broad SMARTS) is 1. The number of nitrogens with zero attached hydrogens (tertiary/aromatic N) is 1. The number of unbranched alkanes of at least 4 members (excludes halogenated alkanes) is 3. The van der Waals surface area contributed by atoms with Gasteiger partial charge < -0.3 is 19.5 Å². The molecule has 0 amide bonds. The minimum Gasteiger partial charge on any atom is -0.550 e. The number of quaternary nitrogens is 1. The summed E-state index contributed by atoms with van der Waals surface area (Å²) < 4.78 is 1.15. The van der Waals surface area contributed by atoms with Gasteiger partial charge in [0.1, 0.15) is 12.6 Å². The van der Waals surface area contributed by atoms with E-state index in [1.54, 1.807) is 13.8 Å². The van der Waals surface area contributed by atoms with Gasteiger partial charge in [-0.05, 0) is 32.6 Å². The number of aliphatic hydroxyl groups is 1. The number of carbonyl (C=O) groups excluding carboxylic acids is 1. The summed E-state index contributed by atoms with van der Waals surface area (Å²) in [5.41, 5.74) is -0.644. The van der Waals surface area contributed by atoms with E-state index in [-0.39, 0.29) is 6.10 Å². The van der Waals surface area contributed by atoms with E-state index in [9.17, 15) is 15.0 Å². The third-order valence-electron chi connectivity index (χ3n) is 5.04. The van der Waals surface area contributed by atoms with Gasteiger partial charge in [-0.2, -0.15) is 0 Å². The molecule has 0 aliphatic heterocycles. The van der Waals surface area contributed by atoms with Gasteiger partial charge in [-0.3, -0.25) is 0 Å². The molecule has 0 rings (SSSR count). The predicted octanol–water partition coefficient (Wildman–Crippen LogP) is 4.15. The van der Waals surface area contributed by atoms with Crippen LogP contribution in [0.2, 0.25) is 0 Å². The molecule has 0 aromatic rings. The van der Waals surface area contributed by atoms with E-state index in [2.05, 4.69) is 20.8 Å². The largest absolute Gasteiger partial charge is 0.550 e. The molecule has 0 aromatic heterocycles. The molecule has 0 saturated heterocycles. The zero-order valence-corrected chi connectivity index (χ0v) is 18.8. The second-order valence-electron chi connectivity index (χ2n) is 8.53. The van der Waals surface area contributed by atoms with E-state index in [1.165, 1.54) is 58.2 Å². The van der Waals surface area contributed by atoms with Crippen LogP contribution in [0.25, 0.3) is 0 Å². The van der Waals surface area contributed by atoms with E-state index < -0.39 is 11.4 Å². The molecule has 0 heterocycles. The van der Waals surface area contributed by atoms with Crippen LogP contribution in [0, 0.1) is 5.41 Å². The number of hydrogen-bond donors (Lipinski definition) is 1. The normalized spacial score (nSPS) is 13.1. The summed E-state index contributed by atoms with van der Waals surface area (Å²) in [6.45, 7) is 18.8. The molecule has 0 radical (unpaired) electrons. The Morgan fingerprint density at radius 1 is 0.923 bits per heavy atom. The Morgan fingerprint density at radius 3 is 1.50 bits per heavy atom. The van der Waals surface area contributed by atoms with Gasteiger partial charge in [0, 0.05) is 11.4 Å². The van der Waals surface area contributed by atoms with Crippen molar-refractivity contribution in [2.45, 2.75) is 106 Å². The molecular weight excluding hydrogens is 326 g/mol. The third-order valence-corrected chi connectivity index (χ3v) is 5.04. The highest BCUT2D eigenvalue weighted by atomic mass is 16.4. The molecule has 4 nitrogen and oxygen atoms in total. The zero-order chi connectivity index (χ0) is 20.6. The standard InChI is InChI=1S/C15H34NO.C7H14O2/c1-5-8-11-16(12-9-6-2,13-10-7-3)14-15(4)17;1-4-5-7(2,3)6(8)9/h15,17H,5-14H2,1-4H3;4-5H2,1-3H3,(H,8,9)/q+1;/p-1. The first kappa shape index (κ1) is 27.6. The molecule has 0 saturated carbocycles. The molecule has 1 atom stereocenters. The number of carboxylic acids is 1. The van der Waals surface area contributed by atoms with Gasteiger partial charge >= 0.3 is 0 Å². The van der Waals surface area contributed by atoms with E-state index in [4.69, 9.17) is 0 Å². The van der Waals surface area contributed by atoms with Crippen molar-refractivity contribution in [3.63, 3.8) is 0 Å². The maximum atomic E-state index is 10.3. The topological polar surface area (TPSA) is 60.4 Å². The molecule has 0 aromatic carbocycles. The van der Waals surface area contributed by atoms with Crippen molar-refractivity contribution < 1.29 is 19.5 Å². The molecule has 158 valence electrons. The number of aliphatic hydroxyl groups excluding tert-OH is 1. The lowest BCUT2D eigenvalue weighted by atomic mass is 9.88. The van der Waals surface area contributed by atoms with Gasteiger partial charge in [-0.15, -0.1) is 0 Å². The molecule has 0 aliphatic rings. The lowest BCUT2D eigenvalue weighted by molar-refractivity contribution is -0.931. The molecular formula is C22H47NO3. The minimum atomic E-state index is -0.954. The summed E-state index contributed by atoms with van der Waals surface area (Å²) in [6, 6.07) is 0. The lowest BCUT2D eigenvalue weighted by Gasteiger charge is -2.40. The third kappa shape index (κ3) is 13.6. The summed E-state index contributed by atoms with van der Waals surface area (Å²) in [6.07, 6.45) is 9.07. The summed E-state index contributed by atoms with van der Waals surface area (Å²) in [4.78, 5) is 10.3. The van der Waals surface area contributed by atoms with Crippen molar-refractivity contribution in [3.05, 3.63) is 0 Å². The molecule has 0 aliphatic carbocycles. The molecule has 1 unspecified atom stereocenters. The molecule has 0 bridgehead atoms. The smallest absolute Gasteiger partial charge is 0.105 e.